The highest BCUT2D eigenvalue weighted by molar-refractivity contribution is 5.99. The molecule has 0 spiro atoms. The fourth-order valence-electron chi connectivity index (χ4n) is 1.65. The molecule has 1 rings (SSSR count). The predicted octanol–water partition coefficient (Wildman–Crippen LogP) is 1.48. The Bertz CT molecular complexity index is 338. The molecule has 1 fully saturated rings. The van der Waals surface area contributed by atoms with Crippen LogP contribution in [0.2, 0.25) is 0 Å². The van der Waals surface area contributed by atoms with E-state index >= 15 is 0 Å². The smallest absolute Gasteiger partial charge is 0.410 e. The molecule has 0 N–H and O–H groups in total. The Hall–Kier alpha value is -1.57. The van der Waals surface area contributed by atoms with Crippen molar-refractivity contribution in [2.75, 3.05) is 6.54 Å². The third kappa shape index (κ3) is 2.96. The van der Waals surface area contributed by atoms with E-state index in [-0.39, 0.29) is 0 Å². The SMILES string of the molecule is CC(C)(C)OC(=O)N1CCCC1C(=O)C#N. The Morgan fingerprint density at radius 1 is 1.44 bits per heavy atom. The van der Waals surface area contributed by atoms with Gasteiger partial charge in [0.1, 0.15) is 17.7 Å². The molecule has 1 amide bonds. The van der Waals surface area contributed by atoms with E-state index in [2.05, 4.69) is 0 Å². The molecule has 1 aliphatic rings. The molecule has 1 atom stereocenters. The molecular formula is C11H16N2O3. The minimum Gasteiger partial charge on any atom is -0.444 e. The zero-order valence-electron chi connectivity index (χ0n) is 9.82. The van der Waals surface area contributed by atoms with Gasteiger partial charge in [0, 0.05) is 6.54 Å². The largest absolute Gasteiger partial charge is 0.444 e. The van der Waals surface area contributed by atoms with Crippen molar-refractivity contribution in [2.45, 2.75) is 45.3 Å². The van der Waals surface area contributed by atoms with Crippen LogP contribution in [0, 0.1) is 11.3 Å². The van der Waals surface area contributed by atoms with Crippen molar-refractivity contribution in [3.8, 4) is 6.07 Å². The minimum absolute atomic E-state index is 0.479. The Morgan fingerprint density at radius 3 is 2.56 bits per heavy atom. The number of carbonyl (C=O) groups is 2. The molecule has 16 heavy (non-hydrogen) atoms. The van der Waals surface area contributed by atoms with Crippen LogP contribution in [-0.2, 0) is 9.53 Å². The third-order valence-corrected chi connectivity index (χ3v) is 2.29. The zero-order valence-corrected chi connectivity index (χ0v) is 9.82. The van der Waals surface area contributed by atoms with Gasteiger partial charge in [0.05, 0.1) is 0 Å². The highest BCUT2D eigenvalue weighted by atomic mass is 16.6. The summed E-state index contributed by atoms with van der Waals surface area (Å²) < 4.78 is 5.17. The van der Waals surface area contributed by atoms with Crippen LogP contribution in [0.1, 0.15) is 33.6 Å². The molecule has 0 saturated carbocycles. The summed E-state index contributed by atoms with van der Waals surface area (Å²) in [4.78, 5) is 24.4. The van der Waals surface area contributed by atoms with Crippen molar-refractivity contribution >= 4 is 11.9 Å². The molecule has 1 heterocycles. The lowest BCUT2D eigenvalue weighted by molar-refractivity contribution is -0.118. The Balaban J connectivity index is 2.69. The molecule has 5 heteroatoms. The molecule has 1 unspecified atom stereocenters. The predicted molar refractivity (Wildman–Crippen MR) is 56.6 cm³/mol. The number of Topliss-reactive ketones (excluding diaryl/α,β-unsaturated/α-hetero) is 1. The topological polar surface area (TPSA) is 70.4 Å². The number of hydrogen-bond acceptors (Lipinski definition) is 4. The molecule has 5 nitrogen and oxygen atoms in total. The van der Waals surface area contributed by atoms with E-state index in [0.717, 1.165) is 6.42 Å². The molecule has 0 bridgehead atoms. The number of ketones is 1. The number of nitrogens with zero attached hydrogens (tertiary/aromatic N) is 2. The normalized spacial score (nSPS) is 20.4. The van der Waals surface area contributed by atoms with Crippen LogP contribution in [0.5, 0.6) is 0 Å². The van der Waals surface area contributed by atoms with Crippen molar-refractivity contribution in [2.24, 2.45) is 0 Å². The summed E-state index contributed by atoms with van der Waals surface area (Å²) in [5.74, 6) is -0.566. The average molecular weight is 224 g/mol. The maximum absolute atomic E-state index is 11.7. The molecule has 1 aliphatic heterocycles. The summed E-state index contributed by atoms with van der Waals surface area (Å²) in [6.45, 7) is 5.78. The summed E-state index contributed by atoms with van der Waals surface area (Å²) in [5.41, 5.74) is -0.583. The van der Waals surface area contributed by atoms with E-state index in [0.29, 0.717) is 13.0 Å². The standard InChI is InChI=1S/C11H16N2O3/c1-11(2,3)16-10(15)13-6-4-5-8(13)9(14)7-12/h8H,4-6H2,1-3H3. The first-order valence-corrected chi connectivity index (χ1v) is 5.29. The van der Waals surface area contributed by atoms with E-state index in [1.165, 1.54) is 4.90 Å². The molecular weight excluding hydrogens is 208 g/mol. The summed E-state index contributed by atoms with van der Waals surface area (Å²) in [7, 11) is 0. The number of likely N-dealkylation sites (tertiary alicyclic amines) is 1. The van der Waals surface area contributed by atoms with Gasteiger partial charge >= 0.3 is 6.09 Å². The Kier molecular flexibility index (Phi) is 3.53. The number of hydrogen-bond donors (Lipinski definition) is 0. The van der Waals surface area contributed by atoms with E-state index in [9.17, 15) is 9.59 Å². The number of amides is 1. The van der Waals surface area contributed by atoms with Gasteiger partial charge in [-0.1, -0.05) is 0 Å². The van der Waals surface area contributed by atoms with Gasteiger partial charge in [-0.2, -0.15) is 5.26 Å². The molecule has 0 aromatic rings. The van der Waals surface area contributed by atoms with Gasteiger partial charge in [-0.25, -0.2) is 4.79 Å². The van der Waals surface area contributed by atoms with Crippen molar-refractivity contribution in [3.63, 3.8) is 0 Å². The first-order chi connectivity index (χ1) is 7.35. The van der Waals surface area contributed by atoms with Crippen LogP contribution in [0.4, 0.5) is 4.79 Å². The van der Waals surface area contributed by atoms with E-state index < -0.39 is 23.5 Å². The lowest BCUT2D eigenvalue weighted by Crippen LogP contribution is -2.43. The fraction of sp³-hybridized carbons (Fsp3) is 0.727. The highest BCUT2D eigenvalue weighted by Crippen LogP contribution is 2.21. The molecule has 1 saturated heterocycles. The number of ether oxygens (including phenoxy) is 1. The molecule has 0 radical (unpaired) electrons. The molecule has 0 aromatic heterocycles. The van der Waals surface area contributed by atoms with Gasteiger partial charge in [-0.15, -0.1) is 0 Å². The number of nitriles is 1. The van der Waals surface area contributed by atoms with Crippen molar-refractivity contribution in [1.29, 1.82) is 5.26 Å². The average Bonchev–Trinajstić information content (AvgIpc) is 2.62. The maximum atomic E-state index is 11.7. The van der Waals surface area contributed by atoms with E-state index in [1.54, 1.807) is 26.8 Å². The summed E-state index contributed by atoms with van der Waals surface area (Å²) in [5, 5.41) is 8.55. The first kappa shape index (κ1) is 12.5. The first-order valence-electron chi connectivity index (χ1n) is 5.29. The van der Waals surface area contributed by atoms with Crippen LogP contribution in [0.3, 0.4) is 0 Å². The lowest BCUT2D eigenvalue weighted by Gasteiger charge is -2.26. The molecule has 0 aliphatic carbocycles. The summed E-state index contributed by atoms with van der Waals surface area (Å²) >= 11 is 0. The Labute approximate surface area is 95.0 Å². The van der Waals surface area contributed by atoms with Gasteiger partial charge < -0.3 is 4.74 Å². The monoisotopic (exact) mass is 224 g/mol. The minimum atomic E-state index is -0.625. The van der Waals surface area contributed by atoms with Crippen LogP contribution in [0.25, 0.3) is 0 Å². The van der Waals surface area contributed by atoms with Gasteiger partial charge in [-0.3, -0.25) is 9.69 Å². The van der Waals surface area contributed by atoms with E-state index in [1.807, 2.05) is 0 Å². The summed E-state index contributed by atoms with van der Waals surface area (Å²) in [6.07, 6.45) is 0.766. The summed E-state index contributed by atoms with van der Waals surface area (Å²) in [6, 6.07) is 0.941. The molecule has 0 aromatic carbocycles. The number of rotatable bonds is 1. The third-order valence-electron chi connectivity index (χ3n) is 2.29. The van der Waals surface area contributed by atoms with Crippen LogP contribution in [0.15, 0.2) is 0 Å². The Morgan fingerprint density at radius 2 is 2.06 bits per heavy atom. The number of carbonyl (C=O) groups excluding carboxylic acids is 2. The van der Waals surface area contributed by atoms with Crippen LogP contribution >= 0.6 is 0 Å². The van der Waals surface area contributed by atoms with Gasteiger partial charge in [-0.05, 0) is 33.6 Å². The second-order valence-corrected chi connectivity index (χ2v) is 4.81. The van der Waals surface area contributed by atoms with Gasteiger partial charge in [0.25, 0.3) is 5.78 Å². The van der Waals surface area contributed by atoms with E-state index in [4.69, 9.17) is 10.00 Å². The maximum Gasteiger partial charge on any atom is 0.410 e. The quantitative estimate of drug-likeness (QED) is 0.632. The van der Waals surface area contributed by atoms with Gasteiger partial charge in [0.15, 0.2) is 0 Å². The fourth-order valence-corrected chi connectivity index (χ4v) is 1.65. The van der Waals surface area contributed by atoms with Crippen molar-refractivity contribution in [3.05, 3.63) is 0 Å². The second-order valence-electron chi connectivity index (χ2n) is 4.81. The lowest BCUT2D eigenvalue weighted by atomic mass is 10.1. The molecule has 88 valence electrons. The van der Waals surface area contributed by atoms with Gasteiger partial charge in [0.2, 0.25) is 0 Å². The highest BCUT2D eigenvalue weighted by Gasteiger charge is 2.36. The van der Waals surface area contributed by atoms with Crippen molar-refractivity contribution < 1.29 is 14.3 Å². The van der Waals surface area contributed by atoms with Crippen LogP contribution in [-0.4, -0.2) is 35.0 Å². The van der Waals surface area contributed by atoms with Crippen molar-refractivity contribution in [1.82, 2.24) is 4.90 Å². The second kappa shape index (κ2) is 4.52. The van der Waals surface area contributed by atoms with Crippen LogP contribution < -0.4 is 0 Å². The zero-order chi connectivity index (χ0) is 12.3.